The van der Waals surface area contributed by atoms with E-state index in [1.54, 1.807) is 6.92 Å². The summed E-state index contributed by atoms with van der Waals surface area (Å²) in [6.07, 6.45) is -9.24. The average Bonchev–Trinajstić information content (AvgIpc) is 2.28. The van der Waals surface area contributed by atoms with Crippen molar-refractivity contribution in [1.82, 2.24) is 0 Å². The van der Waals surface area contributed by atoms with E-state index in [0.717, 1.165) is 12.1 Å². The van der Waals surface area contributed by atoms with Gasteiger partial charge in [0.05, 0.1) is 11.1 Å². The van der Waals surface area contributed by atoms with E-state index in [0.29, 0.717) is 6.32 Å². The van der Waals surface area contributed by atoms with Gasteiger partial charge in [0, 0.05) is 0 Å². The maximum atomic E-state index is 12.6. The zero-order valence-electron chi connectivity index (χ0n) is 10.1. The molecule has 0 aliphatic carbocycles. The first-order valence-corrected chi connectivity index (χ1v) is 5.51. The smallest absolute Gasteiger partial charge is 0.166 e. The molecule has 0 saturated carbocycles. The number of rotatable bonds is 3. The Hall–Kier alpha value is -1.40. The summed E-state index contributed by atoms with van der Waals surface area (Å²) in [5.41, 5.74) is -2.62. The third kappa shape index (κ3) is 3.78. The largest absolute Gasteiger partial charge is 0.416 e. The third-order valence-electron chi connectivity index (χ3n) is 2.76. The molecule has 0 radical (unpaired) electrons. The van der Waals surface area contributed by atoms with Crippen LogP contribution in [0.3, 0.4) is 0 Å². The molecule has 0 saturated heterocycles. The van der Waals surface area contributed by atoms with Crippen LogP contribution in [0.2, 0.25) is 6.32 Å². The van der Waals surface area contributed by atoms with E-state index in [1.807, 2.05) is 0 Å². The Labute approximate surface area is 107 Å². The van der Waals surface area contributed by atoms with Crippen molar-refractivity contribution in [2.45, 2.75) is 25.6 Å². The van der Waals surface area contributed by atoms with Crippen molar-refractivity contribution in [3.63, 3.8) is 0 Å². The van der Waals surface area contributed by atoms with Crippen LogP contribution in [0.4, 0.5) is 26.3 Å². The Morgan fingerprint density at radius 1 is 1.00 bits per heavy atom. The third-order valence-corrected chi connectivity index (χ3v) is 2.76. The SMILES string of the molecule is C=CB(CC)c1cc(C(F)(F)F)cc(C(F)(F)F)c1. The highest BCUT2D eigenvalue weighted by Crippen LogP contribution is 2.34. The molecule has 0 aliphatic heterocycles. The summed E-state index contributed by atoms with van der Waals surface area (Å²) in [6.45, 7) is 4.56. The van der Waals surface area contributed by atoms with E-state index in [-0.39, 0.29) is 11.5 Å². The molecule has 1 aromatic carbocycles. The van der Waals surface area contributed by atoms with Gasteiger partial charge < -0.3 is 0 Å². The Balaban J connectivity index is 3.45. The van der Waals surface area contributed by atoms with Crippen LogP contribution >= 0.6 is 0 Å². The van der Waals surface area contributed by atoms with Gasteiger partial charge in [-0.3, -0.25) is 0 Å². The first kappa shape index (κ1) is 15.7. The zero-order chi connectivity index (χ0) is 14.8. The Morgan fingerprint density at radius 3 is 1.68 bits per heavy atom. The molecule has 0 N–H and O–H groups in total. The molecule has 0 fully saturated rings. The van der Waals surface area contributed by atoms with E-state index in [2.05, 4.69) is 6.58 Å². The highest BCUT2D eigenvalue weighted by molar-refractivity contribution is 6.77. The summed E-state index contributed by atoms with van der Waals surface area (Å²) in [5, 5.41) is 0. The van der Waals surface area contributed by atoms with Gasteiger partial charge in [-0.1, -0.05) is 30.8 Å². The molecule has 0 spiro atoms. The molecule has 0 atom stereocenters. The maximum Gasteiger partial charge on any atom is 0.416 e. The fourth-order valence-electron chi connectivity index (χ4n) is 1.73. The zero-order valence-corrected chi connectivity index (χ0v) is 10.1. The fraction of sp³-hybridized carbons (Fsp3) is 0.333. The van der Waals surface area contributed by atoms with E-state index < -0.39 is 30.2 Å². The van der Waals surface area contributed by atoms with Crippen molar-refractivity contribution in [1.29, 1.82) is 0 Å². The molecule has 0 bridgehead atoms. The van der Waals surface area contributed by atoms with Crippen molar-refractivity contribution in [3.05, 3.63) is 41.9 Å². The molecule has 104 valence electrons. The molecule has 0 aliphatic rings. The molecule has 0 heterocycles. The van der Waals surface area contributed by atoms with E-state index >= 15 is 0 Å². The van der Waals surface area contributed by atoms with Gasteiger partial charge in [-0.25, -0.2) is 0 Å². The van der Waals surface area contributed by atoms with Crippen LogP contribution in [0.15, 0.2) is 30.8 Å². The van der Waals surface area contributed by atoms with Gasteiger partial charge in [-0.05, 0) is 6.07 Å². The number of hydrogen-bond acceptors (Lipinski definition) is 0. The number of hydrogen-bond donors (Lipinski definition) is 0. The van der Waals surface area contributed by atoms with Crippen LogP contribution in [-0.4, -0.2) is 6.71 Å². The second-order valence-electron chi connectivity index (χ2n) is 4.09. The van der Waals surface area contributed by atoms with Crippen LogP contribution in [0.1, 0.15) is 18.1 Å². The van der Waals surface area contributed by atoms with Crippen molar-refractivity contribution in [2.75, 3.05) is 0 Å². The molecule has 0 unspecified atom stereocenters. The van der Waals surface area contributed by atoms with Gasteiger partial charge in [-0.2, -0.15) is 26.3 Å². The van der Waals surface area contributed by atoms with Crippen molar-refractivity contribution in [3.8, 4) is 0 Å². The molecule has 7 heteroatoms. The van der Waals surface area contributed by atoms with Gasteiger partial charge >= 0.3 is 12.4 Å². The molecule has 0 nitrogen and oxygen atoms in total. The lowest BCUT2D eigenvalue weighted by molar-refractivity contribution is -0.142. The van der Waals surface area contributed by atoms with Crippen LogP contribution < -0.4 is 5.46 Å². The lowest BCUT2D eigenvalue weighted by Crippen LogP contribution is -2.30. The van der Waals surface area contributed by atoms with Gasteiger partial charge in [0.2, 0.25) is 0 Å². The van der Waals surface area contributed by atoms with Crippen LogP contribution in [0, 0.1) is 0 Å². The standard InChI is InChI=1S/C12H11BF6/c1-3-13(4-2)10-6-8(11(14,15)16)5-9(7-10)12(17,18)19/h3,5-7H,1,4H2,2H3. The minimum Gasteiger partial charge on any atom is -0.166 e. The van der Waals surface area contributed by atoms with Gasteiger partial charge in [-0.15, -0.1) is 12.6 Å². The summed E-state index contributed by atoms with van der Waals surface area (Å²) in [7, 11) is 0. The Morgan fingerprint density at radius 2 is 1.42 bits per heavy atom. The summed E-state index contributed by atoms with van der Waals surface area (Å²) in [6, 6.07) is 1.61. The molecule has 1 aromatic rings. The quantitative estimate of drug-likeness (QED) is 0.575. The minimum atomic E-state index is -4.81. The van der Waals surface area contributed by atoms with E-state index in [9.17, 15) is 26.3 Å². The summed E-state index contributed by atoms with van der Waals surface area (Å²) in [4.78, 5) is 0. The summed E-state index contributed by atoms with van der Waals surface area (Å²) in [5.74, 6) is 1.34. The topological polar surface area (TPSA) is 0 Å². The first-order valence-electron chi connectivity index (χ1n) is 5.51. The molecule has 1 rings (SSSR count). The van der Waals surface area contributed by atoms with E-state index in [4.69, 9.17) is 0 Å². The monoisotopic (exact) mass is 280 g/mol. The number of alkyl halides is 6. The lowest BCUT2D eigenvalue weighted by Gasteiger charge is -2.16. The maximum absolute atomic E-state index is 12.6. The van der Waals surface area contributed by atoms with Crippen molar-refractivity contribution >= 4 is 12.2 Å². The average molecular weight is 280 g/mol. The van der Waals surface area contributed by atoms with Gasteiger partial charge in [0.1, 0.15) is 0 Å². The second kappa shape index (κ2) is 5.31. The molecule has 0 aromatic heterocycles. The molecular weight excluding hydrogens is 269 g/mol. The molecular formula is C12H11BF6. The Kier molecular flexibility index (Phi) is 4.37. The molecule has 0 amide bonds. The minimum absolute atomic E-state index is 0.0281. The normalized spacial score (nSPS) is 12.4. The van der Waals surface area contributed by atoms with Gasteiger partial charge in [0.25, 0.3) is 0 Å². The van der Waals surface area contributed by atoms with Gasteiger partial charge in [0.15, 0.2) is 6.71 Å². The predicted molar refractivity (Wildman–Crippen MR) is 62.5 cm³/mol. The van der Waals surface area contributed by atoms with Crippen molar-refractivity contribution < 1.29 is 26.3 Å². The molecule has 19 heavy (non-hydrogen) atoms. The highest BCUT2D eigenvalue weighted by Gasteiger charge is 2.37. The first-order chi connectivity index (χ1) is 8.59. The predicted octanol–water partition coefficient (Wildman–Crippen LogP) is 4.17. The van der Waals surface area contributed by atoms with Crippen molar-refractivity contribution in [2.24, 2.45) is 0 Å². The second-order valence-corrected chi connectivity index (χ2v) is 4.09. The van der Waals surface area contributed by atoms with Crippen LogP contribution in [-0.2, 0) is 12.4 Å². The lowest BCUT2D eigenvalue weighted by atomic mass is 9.43. The highest BCUT2D eigenvalue weighted by atomic mass is 19.4. The van der Waals surface area contributed by atoms with Crippen LogP contribution in [0.25, 0.3) is 0 Å². The van der Waals surface area contributed by atoms with E-state index in [1.165, 1.54) is 5.98 Å². The fourth-order valence-corrected chi connectivity index (χ4v) is 1.73. The van der Waals surface area contributed by atoms with Crippen LogP contribution in [0.5, 0.6) is 0 Å². The summed E-state index contributed by atoms with van der Waals surface area (Å²) < 4.78 is 75.7. The number of benzene rings is 1. The Bertz CT molecular complexity index is 428. The number of halogens is 6. The summed E-state index contributed by atoms with van der Waals surface area (Å²) >= 11 is 0.